The van der Waals surface area contributed by atoms with Gasteiger partial charge in [0.2, 0.25) is 0 Å². The second-order valence-corrected chi connectivity index (χ2v) is 4.62. The van der Waals surface area contributed by atoms with Crippen LogP contribution in [0.1, 0.15) is 19.8 Å². The van der Waals surface area contributed by atoms with Gasteiger partial charge >= 0.3 is 0 Å². The summed E-state index contributed by atoms with van der Waals surface area (Å²) in [5, 5.41) is 4.45. The highest BCUT2D eigenvalue weighted by atomic mass is 15.2. The van der Waals surface area contributed by atoms with Crippen LogP contribution in [0.2, 0.25) is 0 Å². The summed E-state index contributed by atoms with van der Waals surface area (Å²) in [6.07, 6.45) is 4.36. The Hall–Kier alpha value is -1.84. The zero-order chi connectivity index (χ0) is 12.4. The van der Waals surface area contributed by atoms with E-state index in [2.05, 4.69) is 39.2 Å². The molecule has 0 aromatic carbocycles. The molecule has 0 amide bonds. The standard InChI is InChI=1S/C14H18N4/c1-2-15-12-7-8-16-14-11(12)5-6-13(17-14)18-9-3-4-10-18/h5-8H,2-4,9-10H2,1H3,(H,15,16,17). The molecule has 1 aliphatic rings. The second kappa shape index (κ2) is 4.80. The van der Waals surface area contributed by atoms with Crippen molar-refractivity contribution >= 4 is 22.5 Å². The van der Waals surface area contributed by atoms with Crippen LogP contribution in [0, 0.1) is 0 Å². The molecule has 0 unspecified atom stereocenters. The molecule has 18 heavy (non-hydrogen) atoms. The van der Waals surface area contributed by atoms with Crippen LogP contribution in [0.4, 0.5) is 11.5 Å². The number of nitrogens with zero attached hydrogens (tertiary/aromatic N) is 3. The van der Waals surface area contributed by atoms with E-state index in [1.807, 2.05) is 12.3 Å². The average molecular weight is 242 g/mol. The van der Waals surface area contributed by atoms with Crippen LogP contribution in [0.5, 0.6) is 0 Å². The number of fused-ring (bicyclic) bond motifs is 1. The van der Waals surface area contributed by atoms with E-state index in [9.17, 15) is 0 Å². The minimum atomic E-state index is 0.831. The fourth-order valence-corrected chi connectivity index (χ4v) is 2.49. The molecule has 1 saturated heterocycles. The number of rotatable bonds is 3. The van der Waals surface area contributed by atoms with E-state index in [0.29, 0.717) is 0 Å². The molecule has 0 atom stereocenters. The van der Waals surface area contributed by atoms with Gasteiger partial charge in [-0.05, 0) is 38.0 Å². The molecule has 3 rings (SSSR count). The van der Waals surface area contributed by atoms with Crippen molar-refractivity contribution in [2.24, 2.45) is 0 Å². The van der Waals surface area contributed by atoms with Crippen LogP contribution in [-0.2, 0) is 0 Å². The Morgan fingerprint density at radius 2 is 2.06 bits per heavy atom. The molecule has 4 nitrogen and oxygen atoms in total. The summed E-state index contributed by atoms with van der Waals surface area (Å²) in [5.41, 5.74) is 1.95. The lowest BCUT2D eigenvalue weighted by molar-refractivity contribution is 0.941. The van der Waals surface area contributed by atoms with Crippen molar-refractivity contribution < 1.29 is 0 Å². The summed E-state index contributed by atoms with van der Waals surface area (Å²) < 4.78 is 0. The number of anilines is 2. The monoisotopic (exact) mass is 242 g/mol. The minimum absolute atomic E-state index is 0.831. The van der Waals surface area contributed by atoms with Gasteiger partial charge in [-0.15, -0.1) is 0 Å². The number of nitrogens with one attached hydrogen (secondary N) is 1. The van der Waals surface area contributed by atoms with Crippen LogP contribution < -0.4 is 10.2 Å². The number of hydrogen-bond donors (Lipinski definition) is 1. The van der Waals surface area contributed by atoms with E-state index in [-0.39, 0.29) is 0 Å². The van der Waals surface area contributed by atoms with Crippen molar-refractivity contribution in [3.8, 4) is 0 Å². The molecule has 0 bridgehead atoms. The molecule has 94 valence electrons. The molecule has 2 aromatic rings. The summed E-state index contributed by atoms with van der Waals surface area (Å²) in [7, 11) is 0. The Labute approximate surface area is 107 Å². The first-order valence-electron chi connectivity index (χ1n) is 6.63. The maximum absolute atomic E-state index is 4.67. The third-order valence-electron chi connectivity index (χ3n) is 3.39. The van der Waals surface area contributed by atoms with Gasteiger partial charge in [-0.1, -0.05) is 0 Å². The van der Waals surface area contributed by atoms with E-state index < -0.39 is 0 Å². The van der Waals surface area contributed by atoms with Crippen molar-refractivity contribution in [1.29, 1.82) is 0 Å². The third kappa shape index (κ3) is 1.98. The average Bonchev–Trinajstić information content (AvgIpc) is 2.93. The fraction of sp³-hybridized carbons (Fsp3) is 0.429. The highest BCUT2D eigenvalue weighted by Crippen LogP contribution is 2.24. The van der Waals surface area contributed by atoms with Crippen LogP contribution in [0.15, 0.2) is 24.4 Å². The van der Waals surface area contributed by atoms with Gasteiger partial charge in [-0.2, -0.15) is 0 Å². The summed E-state index contributed by atoms with van der Waals surface area (Å²) in [6.45, 7) is 5.24. The lowest BCUT2D eigenvalue weighted by Crippen LogP contribution is -2.18. The number of aromatic nitrogens is 2. The summed E-state index contributed by atoms with van der Waals surface area (Å²) in [5.74, 6) is 1.06. The highest BCUT2D eigenvalue weighted by Gasteiger charge is 2.14. The van der Waals surface area contributed by atoms with Crippen LogP contribution in [-0.4, -0.2) is 29.6 Å². The molecule has 0 spiro atoms. The molecule has 0 saturated carbocycles. The zero-order valence-electron chi connectivity index (χ0n) is 10.7. The molecule has 2 aromatic heterocycles. The Morgan fingerprint density at radius 3 is 2.83 bits per heavy atom. The topological polar surface area (TPSA) is 41.1 Å². The van der Waals surface area contributed by atoms with Crippen LogP contribution >= 0.6 is 0 Å². The first-order valence-corrected chi connectivity index (χ1v) is 6.63. The minimum Gasteiger partial charge on any atom is -0.385 e. The van der Waals surface area contributed by atoms with Gasteiger partial charge < -0.3 is 10.2 Å². The summed E-state index contributed by atoms with van der Waals surface area (Å²) >= 11 is 0. The first kappa shape index (κ1) is 11.3. The molecule has 1 aliphatic heterocycles. The first-order chi connectivity index (χ1) is 8.88. The fourth-order valence-electron chi connectivity index (χ4n) is 2.49. The van der Waals surface area contributed by atoms with E-state index >= 15 is 0 Å². The third-order valence-corrected chi connectivity index (χ3v) is 3.39. The van der Waals surface area contributed by atoms with E-state index in [1.165, 1.54) is 12.8 Å². The molecule has 1 N–H and O–H groups in total. The molecular formula is C14H18N4. The van der Waals surface area contributed by atoms with Gasteiger partial charge in [0.05, 0.1) is 0 Å². The maximum Gasteiger partial charge on any atom is 0.163 e. The quantitative estimate of drug-likeness (QED) is 0.898. The van der Waals surface area contributed by atoms with E-state index in [4.69, 9.17) is 0 Å². The molecule has 3 heterocycles. The Balaban J connectivity index is 2.01. The smallest absolute Gasteiger partial charge is 0.163 e. The highest BCUT2D eigenvalue weighted by molar-refractivity contribution is 5.89. The molecule has 0 radical (unpaired) electrons. The number of pyridine rings is 2. The Bertz CT molecular complexity index is 546. The van der Waals surface area contributed by atoms with Gasteiger partial charge in [-0.3, -0.25) is 0 Å². The number of hydrogen-bond acceptors (Lipinski definition) is 4. The van der Waals surface area contributed by atoms with Crippen LogP contribution in [0.25, 0.3) is 11.0 Å². The van der Waals surface area contributed by atoms with Crippen molar-refractivity contribution in [3.63, 3.8) is 0 Å². The van der Waals surface area contributed by atoms with Gasteiger partial charge in [0, 0.05) is 36.9 Å². The lowest BCUT2D eigenvalue weighted by Gasteiger charge is -2.16. The molecule has 0 aliphatic carbocycles. The SMILES string of the molecule is CCNc1ccnc2nc(N3CCCC3)ccc12. The van der Waals surface area contributed by atoms with Crippen molar-refractivity contribution in [1.82, 2.24) is 9.97 Å². The lowest BCUT2D eigenvalue weighted by atomic mass is 10.2. The predicted molar refractivity (Wildman–Crippen MR) is 75.1 cm³/mol. The van der Waals surface area contributed by atoms with Crippen molar-refractivity contribution in [2.45, 2.75) is 19.8 Å². The summed E-state index contributed by atoms with van der Waals surface area (Å²) in [6, 6.07) is 6.24. The Kier molecular flexibility index (Phi) is 3.00. The van der Waals surface area contributed by atoms with Gasteiger partial charge in [0.25, 0.3) is 0 Å². The van der Waals surface area contributed by atoms with Crippen molar-refractivity contribution in [3.05, 3.63) is 24.4 Å². The molecule has 1 fully saturated rings. The van der Waals surface area contributed by atoms with Gasteiger partial charge in [0.15, 0.2) is 5.65 Å². The normalized spacial score (nSPS) is 15.3. The summed E-state index contributed by atoms with van der Waals surface area (Å²) in [4.78, 5) is 11.4. The molecule has 4 heteroatoms. The molecular weight excluding hydrogens is 224 g/mol. The maximum atomic E-state index is 4.67. The van der Waals surface area contributed by atoms with E-state index in [0.717, 1.165) is 42.2 Å². The Morgan fingerprint density at radius 1 is 1.22 bits per heavy atom. The van der Waals surface area contributed by atoms with Crippen molar-refractivity contribution in [2.75, 3.05) is 29.9 Å². The zero-order valence-corrected chi connectivity index (χ0v) is 10.7. The second-order valence-electron chi connectivity index (χ2n) is 4.62. The van der Waals surface area contributed by atoms with Gasteiger partial charge in [-0.25, -0.2) is 9.97 Å². The largest absolute Gasteiger partial charge is 0.385 e. The van der Waals surface area contributed by atoms with Crippen LogP contribution in [0.3, 0.4) is 0 Å². The predicted octanol–water partition coefficient (Wildman–Crippen LogP) is 2.66. The van der Waals surface area contributed by atoms with E-state index in [1.54, 1.807) is 0 Å². The van der Waals surface area contributed by atoms with Gasteiger partial charge in [0.1, 0.15) is 5.82 Å².